The molecule has 3 N–H and O–H groups in total. The SMILES string of the molecule is Cc1cc(CCCc2ncc[nH]2)n2ncc(N)c2n1. The normalized spacial score (nSPS) is 11.2. The Hall–Kier alpha value is -2.37. The molecule has 3 aromatic rings. The molecule has 0 unspecified atom stereocenters. The fourth-order valence-electron chi connectivity index (χ4n) is 2.23. The molecule has 0 bridgehead atoms. The van der Waals surface area contributed by atoms with Gasteiger partial charge in [0.15, 0.2) is 5.65 Å². The summed E-state index contributed by atoms with van der Waals surface area (Å²) < 4.78 is 1.82. The lowest BCUT2D eigenvalue weighted by atomic mass is 10.1. The Balaban J connectivity index is 1.80. The highest BCUT2D eigenvalue weighted by molar-refractivity contribution is 5.63. The summed E-state index contributed by atoms with van der Waals surface area (Å²) in [5.41, 5.74) is 9.32. The molecule has 0 aromatic carbocycles. The lowest BCUT2D eigenvalue weighted by Crippen LogP contribution is -2.03. The molecule has 3 heterocycles. The first-order chi connectivity index (χ1) is 9.24. The molecule has 6 heteroatoms. The van der Waals surface area contributed by atoms with Crippen LogP contribution in [0.25, 0.3) is 5.65 Å². The third kappa shape index (κ3) is 2.29. The molecule has 6 nitrogen and oxygen atoms in total. The zero-order valence-electron chi connectivity index (χ0n) is 10.8. The van der Waals surface area contributed by atoms with Crippen molar-refractivity contribution in [2.24, 2.45) is 0 Å². The number of anilines is 1. The number of aryl methyl sites for hydroxylation is 3. The van der Waals surface area contributed by atoms with Crippen LogP contribution in [-0.4, -0.2) is 24.6 Å². The van der Waals surface area contributed by atoms with Gasteiger partial charge in [-0.1, -0.05) is 0 Å². The number of nitrogens with zero attached hydrogens (tertiary/aromatic N) is 4. The summed E-state index contributed by atoms with van der Waals surface area (Å²) in [5.74, 6) is 1.02. The molecule has 0 spiro atoms. The molecular weight excluding hydrogens is 240 g/mol. The molecular formula is C13H16N6. The second-order valence-electron chi connectivity index (χ2n) is 4.61. The lowest BCUT2D eigenvalue weighted by molar-refractivity contribution is 0.732. The van der Waals surface area contributed by atoms with E-state index in [2.05, 4.69) is 26.1 Å². The third-order valence-electron chi connectivity index (χ3n) is 3.10. The van der Waals surface area contributed by atoms with Gasteiger partial charge < -0.3 is 10.7 Å². The number of aromatic amines is 1. The van der Waals surface area contributed by atoms with E-state index in [9.17, 15) is 0 Å². The van der Waals surface area contributed by atoms with Crippen LogP contribution >= 0.6 is 0 Å². The number of rotatable bonds is 4. The van der Waals surface area contributed by atoms with Crippen molar-refractivity contribution in [1.82, 2.24) is 24.6 Å². The van der Waals surface area contributed by atoms with Crippen LogP contribution in [0.4, 0.5) is 5.69 Å². The standard InChI is InChI=1S/C13H16N6/c1-9-7-10(3-2-4-12-15-5-6-16-12)19-13(18-9)11(14)8-17-19/h5-8H,2-4,14H2,1H3,(H,15,16). The van der Waals surface area contributed by atoms with E-state index in [1.54, 1.807) is 12.4 Å². The van der Waals surface area contributed by atoms with Crippen molar-refractivity contribution in [1.29, 1.82) is 0 Å². The molecule has 3 aromatic heterocycles. The number of hydrogen-bond acceptors (Lipinski definition) is 4. The summed E-state index contributed by atoms with van der Waals surface area (Å²) in [6.07, 6.45) is 8.12. The number of nitrogen functional groups attached to an aromatic ring is 1. The van der Waals surface area contributed by atoms with Crippen molar-refractivity contribution in [2.45, 2.75) is 26.2 Å². The van der Waals surface area contributed by atoms with Gasteiger partial charge in [0.1, 0.15) is 5.82 Å². The van der Waals surface area contributed by atoms with E-state index in [-0.39, 0.29) is 0 Å². The highest BCUT2D eigenvalue weighted by atomic mass is 15.3. The van der Waals surface area contributed by atoms with Crippen LogP contribution in [0.15, 0.2) is 24.7 Å². The number of nitrogens with one attached hydrogen (secondary N) is 1. The Kier molecular flexibility index (Phi) is 2.91. The zero-order chi connectivity index (χ0) is 13.2. The lowest BCUT2D eigenvalue weighted by Gasteiger charge is -2.05. The van der Waals surface area contributed by atoms with Crippen molar-refractivity contribution in [3.63, 3.8) is 0 Å². The van der Waals surface area contributed by atoms with Gasteiger partial charge in [0, 0.05) is 30.2 Å². The van der Waals surface area contributed by atoms with Gasteiger partial charge in [-0.15, -0.1) is 0 Å². The van der Waals surface area contributed by atoms with Crippen molar-refractivity contribution in [3.8, 4) is 0 Å². The maximum atomic E-state index is 5.86. The number of hydrogen-bond donors (Lipinski definition) is 2. The van der Waals surface area contributed by atoms with E-state index in [4.69, 9.17) is 5.73 Å². The van der Waals surface area contributed by atoms with Gasteiger partial charge in [0.05, 0.1) is 11.9 Å². The Morgan fingerprint density at radius 1 is 1.37 bits per heavy atom. The first-order valence-corrected chi connectivity index (χ1v) is 6.32. The van der Waals surface area contributed by atoms with E-state index in [1.165, 1.54) is 0 Å². The number of aromatic nitrogens is 5. The van der Waals surface area contributed by atoms with Crippen LogP contribution in [-0.2, 0) is 12.8 Å². The first-order valence-electron chi connectivity index (χ1n) is 6.32. The second kappa shape index (κ2) is 4.72. The van der Waals surface area contributed by atoms with Crippen molar-refractivity contribution in [2.75, 3.05) is 5.73 Å². The van der Waals surface area contributed by atoms with Crippen LogP contribution in [0.1, 0.15) is 23.6 Å². The second-order valence-corrected chi connectivity index (χ2v) is 4.61. The monoisotopic (exact) mass is 256 g/mol. The average molecular weight is 256 g/mol. The number of imidazole rings is 1. The Morgan fingerprint density at radius 3 is 3.05 bits per heavy atom. The van der Waals surface area contributed by atoms with Gasteiger partial charge in [-0.2, -0.15) is 5.10 Å². The third-order valence-corrected chi connectivity index (χ3v) is 3.10. The number of H-pyrrole nitrogens is 1. The average Bonchev–Trinajstić information content (AvgIpc) is 3.00. The van der Waals surface area contributed by atoms with Gasteiger partial charge in [-0.3, -0.25) is 0 Å². The highest BCUT2D eigenvalue weighted by Gasteiger charge is 2.08. The molecule has 0 fully saturated rings. The smallest absolute Gasteiger partial charge is 0.178 e. The minimum absolute atomic E-state index is 0.621. The molecule has 0 aliphatic rings. The van der Waals surface area contributed by atoms with Crippen LogP contribution in [0.2, 0.25) is 0 Å². The highest BCUT2D eigenvalue weighted by Crippen LogP contribution is 2.15. The number of nitrogens with two attached hydrogens (primary N) is 1. The number of fused-ring (bicyclic) bond motifs is 1. The quantitative estimate of drug-likeness (QED) is 0.741. The Labute approximate surface area is 110 Å². The molecule has 98 valence electrons. The first kappa shape index (κ1) is 11.7. The fraction of sp³-hybridized carbons (Fsp3) is 0.308. The fourth-order valence-corrected chi connectivity index (χ4v) is 2.23. The molecule has 3 rings (SSSR count). The minimum Gasteiger partial charge on any atom is -0.394 e. The van der Waals surface area contributed by atoms with Crippen LogP contribution in [0.5, 0.6) is 0 Å². The molecule has 0 atom stereocenters. The van der Waals surface area contributed by atoms with E-state index in [1.807, 2.05) is 17.6 Å². The summed E-state index contributed by atoms with van der Waals surface area (Å²) in [4.78, 5) is 11.7. The molecule has 0 radical (unpaired) electrons. The summed E-state index contributed by atoms with van der Waals surface area (Å²) in [6, 6.07) is 2.06. The van der Waals surface area contributed by atoms with Crippen LogP contribution < -0.4 is 5.73 Å². The van der Waals surface area contributed by atoms with E-state index in [0.717, 1.165) is 42.1 Å². The summed E-state index contributed by atoms with van der Waals surface area (Å²) in [6.45, 7) is 1.97. The predicted molar refractivity (Wildman–Crippen MR) is 72.7 cm³/mol. The maximum Gasteiger partial charge on any atom is 0.178 e. The van der Waals surface area contributed by atoms with Crippen molar-refractivity contribution in [3.05, 3.63) is 41.9 Å². The van der Waals surface area contributed by atoms with Crippen molar-refractivity contribution < 1.29 is 0 Å². The van der Waals surface area contributed by atoms with Gasteiger partial charge in [-0.25, -0.2) is 14.5 Å². The predicted octanol–water partition coefficient (Wildman–Crippen LogP) is 1.52. The van der Waals surface area contributed by atoms with Crippen LogP contribution in [0.3, 0.4) is 0 Å². The van der Waals surface area contributed by atoms with Gasteiger partial charge in [0.2, 0.25) is 0 Å². The van der Waals surface area contributed by atoms with E-state index in [0.29, 0.717) is 5.69 Å². The molecule has 0 saturated heterocycles. The van der Waals surface area contributed by atoms with Gasteiger partial charge in [-0.05, 0) is 25.8 Å². The topological polar surface area (TPSA) is 84.9 Å². The largest absolute Gasteiger partial charge is 0.394 e. The summed E-state index contributed by atoms with van der Waals surface area (Å²) in [5, 5.41) is 4.28. The van der Waals surface area contributed by atoms with Crippen LogP contribution in [0, 0.1) is 6.92 Å². The maximum absolute atomic E-state index is 5.86. The Morgan fingerprint density at radius 2 is 2.26 bits per heavy atom. The van der Waals surface area contributed by atoms with Crippen molar-refractivity contribution >= 4 is 11.3 Å². The molecule has 19 heavy (non-hydrogen) atoms. The van der Waals surface area contributed by atoms with Gasteiger partial charge >= 0.3 is 0 Å². The van der Waals surface area contributed by atoms with E-state index >= 15 is 0 Å². The van der Waals surface area contributed by atoms with Gasteiger partial charge in [0.25, 0.3) is 0 Å². The summed E-state index contributed by atoms with van der Waals surface area (Å²) >= 11 is 0. The molecule has 0 aliphatic heterocycles. The Bertz CT molecular complexity index is 683. The molecule has 0 saturated carbocycles. The molecule has 0 amide bonds. The van der Waals surface area contributed by atoms with E-state index < -0.39 is 0 Å². The summed E-state index contributed by atoms with van der Waals surface area (Å²) in [7, 11) is 0. The molecule has 0 aliphatic carbocycles. The minimum atomic E-state index is 0.621. The zero-order valence-corrected chi connectivity index (χ0v) is 10.8.